The molecule has 0 aromatic heterocycles. The fourth-order valence-electron chi connectivity index (χ4n) is 2.53. The molecule has 0 spiro atoms. The molecule has 1 rings (SSSR count). The summed E-state index contributed by atoms with van der Waals surface area (Å²) in [7, 11) is 3.88. The Morgan fingerprint density at radius 3 is 2.43 bits per heavy atom. The van der Waals surface area contributed by atoms with Gasteiger partial charge in [0, 0.05) is 37.8 Å². The summed E-state index contributed by atoms with van der Waals surface area (Å²) in [6.07, 6.45) is 0.927. The van der Waals surface area contributed by atoms with Crippen LogP contribution in [0.25, 0.3) is 0 Å². The van der Waals surface area contributed by atoms with E-state index in [4.69, 9.17) is 4.74 Å². The first-order valence-corrected chi connectivity index (χ1v) is 8.60. The second-order valence-electron chi connectivity index (χ2n) is 6.11. The number of hydrogen-bond acceptors (Lipinski definition) is 3. The first kappa shape index (κ1) is 19.4. The van der Waals surface area contributed by atoms with Crippen molar-refractivity contribution in [1.29, 1.82) is 0 Å². The number of ether oxygens (including phenoxy) is 1. The standard InChI is InChI=1S/C20H32N2O/c1-7-9-10-13-21(5)14-15-22(8-2)18-11-12-19(17(3)4)20(16-18)23-6/h11-12,16-17H,7-8,13-15H2,1-6H3. The summed E-state index contributed by atoms with van der Waals surface area (Å²) < 4.78 is 5.58. The quantitative estimate of drug-likeness (QED) is 0.675. The average molecular weight is 316 g/mol. The fourth-order valence-corrected chi connectivity index (χ4v) is 2.53. The maximum Gasteiger partial charge on any atom is 0.124 e. The Morgan fingerprint density at radius 1 is 1.13 bits per heavy atom. The summed E-state index contributed by atoms with van der Waals surface area (Å²) in [6, 6.07) is 6.56. The molecule has 0 aliphatic rings. The molecular formula is C20H32N2O. The molecule has 0 radical (unpaired) electrons. The summed E-state index contributed by atoms with van der Waals surface area (Å²) in [6.45, 7) is 12.5. The minimum atomic E-state index is 0.470. The molecule has 3 nitrogen and oxygen atoms in total. The highest BCUT2D eigenvalue weighted by molar-refractivity contribution is 5.54. The van der Waals surface area contributed by atoms with Crippen molar-refractivity contribution in [1.82, 2.24) is 4.90 Å². The molecule has 0 N–H and O–H groups in total. The zero-order valence-corrected chi connectivity index (χ0v) is 15.6. The van der Waals surface area contributed by atoms with Gasteiger partial charge < -0.3 is 9.64 Å². The van der Waals surface area contributed by atoms with Crippen LogP contribution in [0.2, 0.25) is 0 Å². The van der Waals surface area contributed by atoms with E-state index in [0.29, 0.717) is 5.92 Å². The van der Waals surface area contributed by atoms with Crippen molar-refractivity contribution >= 4 is 5.69 Å². The van der Waals surface area contributed by atoms with Crippen LogP contribution in [0.5, 0.6) is 5.75 Å². The third-order valence-corrected chi connectivity index (χ3v) is 3.99. The number of likely N-dealkylation sites (N-methyl/N-ethyl adjacent to an activating group) is 2. The van der Waals surface area contributed by atoms with Gasteiger partial charge in [0.15, 0.2) is 0 Å². The second kappa shape index (κ2) is 10.2. The summed E-state index contributed by atoms with van der Waals surface area (Å²) in [5.74, 6) is 7.77. The molecule has 0 atom stereocenters. The van der Waals surface area contributed by atoms with Crippen LogP contribution in [-0.2, 0) is 0 Å². The number of methoxy groups -OCH3 is 1. The fraction of sp³-hybridized carbons (Fsp3) is 0.600. The van der Waals surface area contributed by atoms with E-state index in [1.165, 1.54) is 11.3 Å². The van der Waals surface area contributed by atoms with Gasteiger partial charge in [0.05, 0.1) is 13.7 Å². The number of anilines is 1. The van der Waals surface area contributed by atoms with Crippen LogP contribution in [0.1, 0.15) is 45.6 Å². The topological polar surface area (TPSA) is 15.7 Å². The summed E-state index contributed by atoms with van der Waals surface area (Å²) in [5, 5.41) is 0. The van der Waals surface area contributed by atoms with Gasteiger partial charge in [0.2, 0.25) is 0 Å². The van der Waals surface area contributed by atoms with Gasteiger partial charge in [-0.25, -0.2) is 0 Å². The SMILES string of the molecule is CCC#CCN(C)CCN(CC)c1ccc(C(C)C)c(OC)c1. The molecule has 23 heavy (non-hydrogen) atoms. The lowest BCUT2D eigenvalue weighted by Gasteiger charge is -2.26. The average Bonchev–Trinajstić information content (AvgIpc) is 2.55. The van der Waals surface area contributed by atoms with E-state index in [-0.39, 0.29) is 0 Å². The summed E-state index contributed by atoms with van der Waals surface area (Å²) >= 11 is 0. The minimum absolute atomic E-state index is 0.470. The second-order valence-corrected chi connectivity index (χ2v) is 6.11. The smallest absolute Gasteiger partial charge is 0.124 e. The van der Waals surface area contributed by atoms with Crippen molar-refractivity contribution in [2.75, 3.05) is 45.2 Å². The molecule has 0 bridgehead atoms. The number of hydrogen-bond donors (Lipinski definition) is 0. The lowest BCUT2D eigenvalue weighted by molar-refractivity contribution is 0.381. The predicted octanol–water partition coefficient (Wildman–Crippen LogP) is 3.99. The van der Waals surface area contributed by atoms with Crippen LogP contribution in [0, 0.1) is 11.8 Å². The van der Waals surface area contributed by atoms with Crippen LogP contribution < -0.4 is 9.64 Å². The lowest BCUT2D eigenvalue weighted by atomic mass is 10.0. The number of benzene rings is 1. The highest BCUT2D eigenvalue weighted by atomic mass is 16.5. The number of nitrogens with zero attached hydrogens (tertiary/aromatic N) is 2. The maximum absolute atomic E-state index is 5.58. The first-order valence-electron chi connectivity index (χ1n) is 8.60. The number of rotatable bonds is 8. The summed E-state index contributed by atoms with van der Waals surface area (Å²) in [4.78, 5) is 4.65. The maximum atomic E-state index is 5.58. The third kappa shape index (κ3) is 6.15. The molecule has 0 unspecified atom stereocenters. The molecule has 0 amide bonds. The van der Waals surface area contributed by atoms with Crippen molar-refractivity contribution in [2.24, 2.45) is 0 Å². The Labute approximate surface area is 142 Å². The van der Waals surface area contributed by atoms with Crippen molar-refractivity contribution in [2.45, 2.75) is 40.0 Å². The van der Waals surface area contributed by atoms with Crippen LogP contribution in [0.4, 0.5) is 5.69 Å². The molecule has 3 heteroatoms. The zero-order chi connectivity index (χ0) is 17.2. The van der Waals surface area contributed by atoms with E-state index in [1.54, 1.807) is 7.11 Å². The Balaban J connectivity index is 2.74. The van der Waals surface area contributed by atoms with Gasteiger partial charge in [0.25, 0.3) is 0 Å². The summed E-state index contributed by atoms with van der Waals surface area (Å²) in [5.41, 5.74) is 2.49. The molecule has 0 saturated carbocycles. The monoisotopic (exact) mass is 316 g/mol. The van der Waals surface area contributed by atoms with E-state index < -0.39 is 0 Å². The largest absolute Gasteiger partial charge is 0.496 e. The molecule has 0 fully saturated rings. The molecule has 1 aromatic rings. The van der Waals surface area contributed by atoms with Gasteiger partial charge in [-0.05, 0) is 31.5 Å². The highest BCUT2D eigenvalue weighted by Crippen LogP contribution is 2.30. The van der Waals surface area contributed by atoms with Crippen LogP contribution in [0.3, 0.4) is 0 Å². The van der Waals surface area contributed by atoms with Crippen LogP contribution in [0.15, 0.2) is 18.2 Å². The zero-order valence-electron chi connectivity index (χ0n) is 15.6. The molecular weight excluding hydrogens is 284 g/mol. The molecule has 128 valence electrons. The van der Waals surface area contributed by atoms with E-state index in [1.807, 2.05) is 0 Å². The van der Waals surface area contributed by atoms with Crippen LogP contribution >= 0.6 is 0 Å². The molecule has 0 saturated heterocycles. The lowest BCUT2D eigenvalue weighted by Crippen LogP contribution is -2.33. The Hall–Kier alpha value is -1.66. The van der Waals surface area contributed by atoms with Crippen LogP contribution in [-0.4, -0.2) is 45.2 Å². The van der Waals surface area contributed by atoms with Crippen molar-refractivity contribution in [3.8, 4) is 17.6 Å². The highest BCUT2D eigenvalue weighted by Gasteiger charge is 2.11. The molecule has 0 heterocycles. The van der Waals surface area contributed by atoms with Gasteiger partial charge in [-0.3, -0.25) is 4.90 Å². The Kier molecular flexibility index (Phi) is 8.58. The third-order valence-electron chi connectivity index (χ3n) is 3.99. The van der Waals surface area contributed by atoms with E-state index in [9.17, 15) is 0 Å². The van der Waals surface area contributed by atoms with E-state index in [2.05, 4.69) is 74.6 Å². The molecule has 0 aliphatic heterocycles. The minimum Gasteiger partial charge on any atom is -0.496 e. The van der Waals surface area contributed by atoms with Gasteiger partial charge in [0.1, 0.15) is 5.75 Å². The van der Waals surface area contributed by atoms with Crippen molar-refractivity contribution in [3.63, 3.8) is 0 Å². The van der Waals surface area contributed by atoms with E-state index >= 15 is 0 Å². The Bertz CT molecular complexity index is 528. The first-order chi connectivity index (χ1) is 11.0. The Morgan fingerprint density at radius 2 is 1.87 bits per heavy atom. The normalized spacial score (nSPS) is 10.6. The van der Waals surface area contributed by atoms with Gasteiger partial charge in [-0.15, -0.1) is 5.92 Å². The molecule has 1 aromatic carbocycles. The predicted molar refractivity (Wildman–Crippen MR) is 101 cm³/mol. The van der Waals surface area contributed by atoms with Crippen molar-refractivity contribution in [3.05, 3.63) is 23.8 Å². The van der Waals surface area contributed by atoms with Gasteiger partial charge >= 0.3 is 0 Å². The van der Waals surface area contributed by atoms with Crippen molar-refractivity contribution < 1.29 is 4.74 Å². The molecule has 0 aliphatic carbocycles. The van der Waals surface area contributed by atoms with Gasteiger partial charge in [-0.2, -0.15) is 0 Å². The van der Waals surface area contributed by atoms with Gasteiger partial charge in [-0.1, -0.05) is 32.8 Å². The van der Waals surface area contributed by atoms with E-state index in [0.717, 1.165) is 38.3 Å².